The molecule has 0 fully saturated rings. The summed E-state index contributed by atoms with van der Waals surface area (Å²) in [5, 5.41) is 3.78. The maximum atomic E-state index is 5.81. The molecule has 0 aromatic carbocycles. The number of hydrogen-bond donors (Lipinski definition) is 1. The van der Waals surface area contributed by atoms with Crippen LogP contribution in [0.1, 0.15) is 32.5 Å². The van der Waals surface area contributed by atoms with Crippen LogP contribution in [0.5, 0.6) is 0 Å². The van der Waals surface area contributed by atoms with Gasteiger partial charge in [0, 0.05) is 25.3 Å². The predicted molar refractivity (Wildman–Crippen MR) is 58.7 cm³/mol. The van der Waals surface area contributed by atoms with Crippen molar-refractivity contribution in [3.05, 3.63) is 11.7 Å². The van der Waals surface area contributed by atoms with Gasteiger partial charge in [0.1, 0.15) is 0 Å². The fourth-order valence-electron chi connectivity index (χ4n) is 0.956. The Labute approximate surface area is 89.8 Å². The van der Waals surface area contributed by atoms with Gasteiger partial charge >= 0.3 is 0 Å². The summed E-state index contributed by atoms with van der Waals surface area (Å²) in [5.74, 6) is 1.92. The minimum atomic E-state index is -0.0762. The van der Waals surface area contributed by atoms with Gasteiger partial charge in [-0.2, -0.15) is 4.98 Å². The summed E-state index contributed by atoms with van der Waals surface area (Å²) in [7, 11) is 0. The second kappa shape index (κ2) is 4.42. The Kier molecular flexibility index (Phi) is 3.44. The van der Waals surface area contributed by atoms with Crippen molar-refractivity contribution in [1.82, 2.24) is 10.1 Å². The highest BCUT2D eigenvalue weighted by Crippen LogP contribution is 2.12. The minimum Gasteiger partial charge on any atom is -0.387 e. The average molecular weight is 210 g/mol. The van der Waals surface area contributed by atoms with E-state index in [9.17, 15) is 0 Å². The van der Waals surface area contributed by atoms with Gasteiger partial charge in [-0.3, -0.25) is 4.99 Å². The molecule has 0 radical (unpaired) electrons. The molecule has 0 aliphatic rings. The highest BCUT2D eigenvalue weighted by molar-refractivity contribution is 5.85. The number of nitrogens with two attached hydrogens (primary N) is 1. The monoisotopic (exact) mass is 210 g/mol. The van der Waals surface area contributed by atoms with E-state index in [1.807, 2.05) is 20.8 Å². The van der Waals surface area contributed by atoms with Crippen LogP contribution in [-0.4, -0.2) is 22.5 Å². The Morgan fingerprint density at radius 2 is 2.13 bits per heavy atom. The Morgan fingerprint density at radius 1 is 1.47 bits per heavy atom. The Bertz CT molecular complexity index is 349. The van der Waals surface area contributed by atoms with Crippen molar-refractivity contribution in [2.45, 2.75) is 34.1 Å². The van der Waals surface area contributed by atoms with Gasteiger partial charge in [-0.1, -0.05) is 25.9 Å². The molecule has 0 atom stereocenters. The fraction of sp³-hybridized carbons (Fsp3) is 0.700. The molecular formula is C10H18N4O. The molecule has 0 spiro atoms. The third kappa shape index (κ3) is 3.69. The van der Waals surface area contributed by atoms with Crippen LogP contribution >= 0.6 is 0 Å². The summed E-state index contributed by atoms with van der Waals surface area (Å²) in [5.41, 5.74) is 5.73. The van der Waals surface area contributed by atoms with Crippen molar-refractivity contribution in [3.63, 3.8) is 0 Å². The minimum absolute atomic E-state index is 0.0762. The number of nitrogens with zero attached hydrogens (tertiary/aromatic N) is 3. The molecule has 1 aromatic heterocycles. The molecule has 15 heavy (non-hydrogen) atoms. The first-order valence-electron chi connectivity index (χ1n) is 4.99. The molecule has 0 saturated heterocycles. The molecule has 5 nitrogen and oxygen atoms in total. The first kappa shape index (κ1) is 11.7. The van der Waals surface area contributed by atoms with Crippen LogP contribution in [0.4, 0.5) is 0 Å². The second-order valence-corrected chi connectivity index (χ2v) is 4.50. The van der Waals surface area contributed by atoms with Gasteiger partial charge in [0.15, 0.2) is 5.82 Å². The zero-order chi connectivity index (χ0) is 11.5. The summed E-state index contributed by atoms with van der Waals surface area (Å²) in [6, 6.07) is 0. The van der Waals surface area contributed by atoms with E-state index in [-0.39, 0.29) is 5.41 Å². The molecule has 0 saturated carbocycles. The number of amidine groups is 1. The second-order valence-electron chi connectivity index (χ2n) is 4.50. The number of aliphatic imine (C=N–C) groups is 1. The lowest BCUT2D eigenvalue weighted by molar-refractivity contribution is 0.387. The van der Waals surface area contributed by atoms with Gasteiger partial charge in [-0.05, 0) is 0 Å². The summed E-state index contributed by atoms with van der Waals surface area (Å²) in [4.78, 5) is 8.35. The summed E-state index contributed by atoms with van der Waals surface area (Å²) >= 11 is 0. The van der Waals surface area contributed by atoms with Gasteiger partial charge in [0.25, 0.3) is 0 Å². The maximum Gasteiger partial charge on any atom is 0.223 e. The van der Waals surface area contributed by atoms with E-state index >= 15 is 0 Å². The Hall–Kier alpha value is -1.39. The summed E-state index contributed by atoms with van der Waals surface area (Å²) < 4.78 is 4.85. The topological polar surface area (TPSA) is 77.3 Å². The van der Waals surface area contributed by atoms with Crippen LogP contribution in [0, 0.1) is 12.3 Å². The molecule has 2 N–H and O–H groups in total. The van der Waals surface area contributed by atoms with Crippen molar-refractivity contribution in [2.24, 2.45) is 16.1 Å². The molecular weight excluding hydrogens is 192 g/mol. The quantitative estimate of drug-likeness (QED) is 0.603. The lowest BCUT2D eigenvalue weighted by Gasteiger charge is -2.16. The molecule has 5 heteroatoms. The first-order valence-corrected chi connectivity index (χ1v) is 4.99. The van der Waals surface area contributed by atoms with Crippen molar-refractivity contribution >= 4 is 5.84 Å². The third-order valence-corrected chi connectivity index (χ3v) is 1.96. The van der Waals surface area contributed by atoms with Crippen LogP contribution in [-0.2, 0) is 6.42 Å². The SMILES string of the molecule is Cc1nc(CCN=C(N)C(C)(C)C)no1. The van der Waals surface area contributed by atoms with E-state index in [0.29, 0.717) is 30.5 Å². The van der Waals surface area contributed by atoms with Crippen molar-refractivity contribution < 1.29 is 4.52 Å². The third-order valence-electron chi connectivity index (χ3n) is 1.96. The number of hydrogen-bond acceptors (Lipinski definition) is 4. The van der Waals surface area contributed by atoms with Crippen LogP contribution in [0.2, 0.25) is 0 Å². The van der Waals surface area contributed by atoms with Crippen LogP contribution in [0.15, 0.2) is 9.52 Å². The molecule has 0 aliphatic carbocycles. The number of aryl methyl sites for hydroxylation is 1. The van der Waals surface area contributed by atoms with E-state index in [1.54, 1.807) is 6.92 Å². The summed E-state index contributed by atoms with van der Waals surface area (Å²) in [6.45, 7) is 8.46. The van der Waals surface area contributed by atoms with Crippen molar-refractivity contribution in [1.29, 1.82) is 0 Å². The normalized spacial score (nSPS) is 13.2. The first-order chi connectivity index (χ1) is 6.89. The molecule has 0 unspecified atom stereocenters. The predicted octanol–water partition coefficient (Wildman–Crippen LogP) is 1.32. The van der Waals surface area contributed by atoms with Gasteiger partial charge in [-0.25, -0.2) is 0 Å². The Balaban J connectivity index is 2.45. The molecule has 84 valence electrons. The lowest BCUT2D eigenvalue weighted by atomic mass is 9.95. The van der Waals surface area contributed by atoms with Crippen LogP contribution < -0.4 is 5.73 Å². The van der Waals surface area contributed by atoms with Crippen molar-refractivity contribution in [3.8, 4) is 0 Å². The van der Waals surface area contributed by atoms with Crippen LogP contribution in [0.3, 0.4) is 0 Å². The van der Waals surface area contributed by atoms with E-state index in [1.165, 1.54) is 0 Å². The molecule has 0 aliphatic heterocycles. The molecule has 1 aromatic rings. The molecule has 1 rings (SSSR count). The lowest BCUT2D eigenvalue weighted by Crippen LogP contribution is -2.29. The van der Waals surface area contributed by atoms with E-state index < -0.39 is 0 Å². The smallest absolute Gasteiger partial charge is 0.223 e. The summed E-state index contributed by atoms with van der Waals surface area (Å²) in [6.07, 6.45) is 0.661. The highest BCUT2D eigenvalue weighted by Gasteiger charge is 2.14. The van der Waals surface area contributed by atoms with E-state index in [0.717, 1.165) is 0 Å². The largest absolute Gasteiger partial charge is 0.387 e. The molecule has 0 amide bonds. The standard InChI is InChI=1S/C10H18N4O/c1-7-13-8(14-15-7)5-6-12-9(11)10(2,3)4/h5-6H2,1-4H3,(H2,11,12). The average Bonchev–Trinajstić information content (AvgIpc) is 2.49. The maximum absolute atomic E-state index is 5.81. The van der Waals surface area contributed by atoms with E-state index in [2.05, 4.69) is 15.1 Å². The van der Waals surface area contributed by atoms with E-state index in [4.69, 9.17) is 10.3 Å². The van der Waals surface area contributed by atoms with Gasteiger partial charge < -0.3 is 10.3 Å². The Morgan fingerprint density at radius 3 is 2.60 bits per heavy atom. The zero-order valence-corrected chi connectivity index (χ0v) is 9.74. The zero-order valence-electron chi connectivity index (χ0n) is 9.74. The fourth-order valence-corrected chi connectivity index (χ4v) is 0.956. The molecule has 0 bridgehead atoms. The van der Waals surface area contributed by atoms with Gasteiger partial charge in [-0.15, -0.1) is 0 Å². The van der Waals surface area contributed by atoms with Crippen LogP contribution in [0.25, 0.3) is 0 Å². The number of aromatic nitrogens is 2. The van der Waals surface area contributed by atoms with Crippen molar-refractivity contribution in [2.75, 3.05) is 6.54 Å². The highest BCUT2D eigenvalue weighted by atomic mass is 16.5. The van der Waals surface area contributed by atoms with Gasteiger partial charge in [0.2, 0.25) is 5.89 Å². The molecule has 1 heterocycles. The van der Waals surface area contributed by atoms with Gasteiger partial charge in [0.05, 0.1) is 5.84 Å². The number of rotatable bonds is 3.